The van der Waals surface area contributed by atoms with E-state index in [9.17, 15) is 14.0 Å². The average Bonchev–Trinajstić information content (AvgIpc) is 3.41. The summed E-state index contributed by atoms with van der Waals surface area (Å²) >= 11 is 5.90. The van der Waals surface area contributed by atoms with E-state index in [-0.39, 0.29) is 46.4 Å². The molecule has 0 radical (unpaired) electrons. The first-order valence-corrected chi connectivity index (χ1v) is 8.90. The van der Waals surface area contributed by atoms with E-state index in [0.29, 0.717) is 25.2 Å². The Kier molecular flexibility index (Phi) is 5.28. The van der Waals surface area contributed by atoms with E-state index in [0.717, 1.165) is 18.9 Å². The van der Waals surface area contributed by atoms with E-state index in [1.165, 1.54) is 6.07 Å². The van der Waals surface area contributed by atoms with Gasteiger partial charge < -0.3 is 14.8 Å². The number of benzene rings is 1. The number of nitrogens with one attached hydrogen (secondary N) is 1. The molecule has 2 fully saturated rings. The molecule has 140 valence electrons. The first-order chi connectivity index (χ1) is 12.0. The zero-order chi connectivity index (χ0) is 17.7. The zero-order valence-corrected chi connectivity index (χ0v) is 15.9. The van der Waals surface area contributed by atoms with Crippen molar-refractivity contribution < 1.29 is 9.18 Å². The second-order valence-electron chi connectivity index (χ2n) is 6.90. The lowest BCUT2D eigenvalue weighted by Gasteiger charge is -2.32. The maximum Gasteiger partial charge on any atom is 0.259 e. The van der Waals surface area contributed by atoms with Gasteiger partial charge in [-0.25, -0.2) is 4.39 Å². The quantitative estimate of drug-likeness (QED) is 0.844. The number of hydrogen-bond acceptors (Lipinski definition) is 3. The van der Waals surface area contributed by atoms with Crippen LogP contribution in [0.5, 0.6) is 0 Å². The molecule has 1 aliphatic carbocycles. The molecule has 0 unspecified atom stereocenters. The molecule has 1 atom stereocenters. The molecule has 1 aromatic carbocycles. The summed E-state index contributed by atoms with van der Waals surface area (Å²) < 4.78 is 15.8. The summed E-state index contributed by atoms with van der Waals surface area (Å²) in [6.45, 7) is 3.80. The van der Waals surface area contributed by atoms with Gasteiger partial charge >= 0.3 is 0 Å². The third kappa shape index (κ3) is 3.33. The smallest absolute Gasteiger partial charge is 0.259 e. The van der Waals surface area contributed by atoms with Crippen LogP contribution in [0.3, 0.4) is 0 Å². The highest BCUT2D eigenvalue weighted by atomic mass is 35.5. The van der Waals surface area contributed by atoms with Crippen molar-refractivity contribution in [1.29, 1.82) is 0 Å². The maximum absolute atomic E-state index is 13.9. The van der Waals surface area contributed by atoms with Gasteiger partial charge in [-0.15, -0.1) is 12.4 Å². The van der Waals surface area contributed by atoms with Crippen LogP contribution < -0.4 is 10.7 Å². The van der Waals surface area contributed by atoms with Crippen LogP contribution in [0.25, 0.3) is 10.9 Å². The largest absolute Gasteiger partial charge is 0.343 e. The van der Waals surface area contributed by atoms with E-state index in [4.69, 9.17) is 11.6 Å². The van der Waals surface area contributed by atoms with Crippen LogP contribution in [0.15, 0.2) is 23.1 Å². The lowest BCUT2D eigenvalue weighted by Crippen LogP contribution is -2.52. The molecule has 1 amide bonds. The van der Waals surface area contributed by atoms with Crippen molar-refractivity contribution in [3.63, 3.8) is 0 Å². The molecule has 2 aliphatic rings. The molecular formula is C18H20Cl2FN3O2. The van der Waals surface area contributed by atoms with E-state index >= 15 is 0 Å². The summed E-state index contributed by atoms with van der Waals surface area (Å²) in [6, 6.07) is 3.04. The van der Waals surface area contributed by atoms with Crippen LogP contribution in [0.2, 0.25) is 5.02 Å². The van der Waals surface area contributed by atoms with Crippen molar-refractivity contribution in [1.82, 2.24) is 14.8 Å². The average molecular weight is 400 g/mol. The van der Waals surface area contributed by atoms with Crippen molar-refractivity contribution in [3.05, 3.63) is 45.0 Å². The number of pyridine rings is 1. The number of piperazine rings is 1. The molecule has 1 aliphatic heterocycles. The van der Waals surface area contributed by atoms with E-state index in [1.54, 1.807) is 11.1 Å². The molecule has 26 heavy (non-hydrogen) atoms. The molecule has 5 nitrogen and oxygen atoms in total. The van der Waals surface area contributed by atoms with Gasteiger partial charge in [0.15, 0.2) is 0 Å². The summed E-state index contributed by atoms with van der Waals surface area (Å²) in [4.78, 5) is 27.5. The molecule has 1 N–H and O–H groups in total. The Morgan fingerprint density at radius 1 is 1.35 bits per heavy atom. The highest BCUT2D eigenvalue weighted by Crippen LogP contribution is 2.37. The topological polar surface area (TPSA) is 54.3 Å². The number of hydrogen-bond donors (Lipinski definition) is 1. The summed E-state index contributed by atoms with van der Waals surface area (Å²) in [5, 5.41) is 3.47. The Morgan fingerprint density at radius 2 is 2.08 bits per heavy atom. The number of amides is 1. The minimum atomic E-state index is -0.644. The Morgan fingerprint density at radius 3 is 2.73 bits per heavy atom. The molecule has 2 aromatic rings. The highest BCUT2D eigenvalue weighted by molar-refractivity contribution is 6.31. The van der Waals surface area contributed by atoms with Crippen LogP contribution in [0.1, 0.15) is 36.2 Å². The van der Waals surface area contributed by atoms with E-state index in [2.05, 4.69) is 5.32 Å². The monoisotopic (exact) mass is 399 g/mol. The molecule has 8 heteroatoms. The van der Waals surface area contributed by atoms with Crippen LogP contribution >= 0.6 is 24.0 Å². The lowest BCUT2D eigenvalue weighted by atomic mass is 10.1. The molecular weight excluding hydrogens is 380 g/mol. The van der Waals surface area contributed by atoms with Gasteiger partial charge in [0.1, 0.15) is 11.4 Å². The maximum atomic E-state index is 13.9. The third-order valence-corrected chi connectivity index (χ3v) is 5.19. The summed E-state index contributed by atoms with van der Waals surface area (Å²) in [6.07, 6.45) is 3.59. The van der Waals surface area contributed by atoms with Gasteiger partial charge in [0.05, 0.1) is 10.5 Å². The Balaban J connectivity index is 0.00000196. The number of halogens is 3. The predicted octanol–water partition coefficient (Wildman–Crippen LogP) is 2.98. The van der Waals surface area contributed by atoms with Crippen molar-refractivity contribution >= 4 is 40.8 Å². The van der Waals surface area contributed by atoms with Crippen LogP contribution in [0.4, 0.5) is 4.39 Å². The minimum absolute atomic E-state index is 0. The third-order valence-electron chi connectivity index (χ3n) is 4.90. The van der Waals surface area contributed by atoms with Gasteiger partial charge in [-0.2, -0.15) is 0 Å². The molecule has 0 bridgehead atoms. The van der Waals surface area contributed by atoms with Crippen LogP contribution in [0, 0.1) is 5.82 Å². The second-order valence-corrected chi connectivity index (χ2v) is 7.31. The summed E-state index contributed by atoms with van der Waals surface area (Å²) in [7, 11) is 0. The standard InChI is InChI=1S/C18H19ClFN3O2.ClH/c1-10-8-22(5-4-21-10)18(25)13-9-23(11-2-3-11)16-7-14(19)15(20)6-12(16)17(13)24;/h6-7,9-11,21H,2-5,8H2,1H3;1H/t10-;/m1./s1. The molecule has 1 saturated heterocycles. The first kappa shape index (κ1) is 19.1. The van der Waals surface area contributed by atoms with Crippen LogP contribution in [-0.2, 0) is 0 Å². The predicted molar refractivity (Wildman–Crippen MR) is 102 cm³/mol. The van der Waals surface area contributed by atoms with E-state index < -0.39 is 11.2 Å². The number of fused-ring (bicyclic) bond motifs is 1. The fourth-order valence-electron chi connectivity index (χ4n) is 3.44. The zero-order valence-electron chi connectivity index (χ0n) is 14.3. The normalized spacial score (nSPS) is 20.1. The number of aromatic nitrogens is 1. The Bertz CT molecular complexity index is 927. The van der Waals surface area contributed by atoms with Crippen molar-refractivity contribution in [2.75, 3.05) is 19.6 Å². The SMILES string of the molecule is C[C@@H]1CN(C(=O)c2cn(C3CC3)c3cc(Cl)c(F)cc3c2=O)CCN1.Cl. The Hall–Kier alpha value is -1.63. The van der Waals surface area contributed by atoms with Gasteiger partial charge in [0.25, 0.3) is 5.91 Å². The summed E-state index contributed by atoms with van der Waals surface area (Å²) in [5.74, 6) is -0.931. The number of carbonyl (C=O) groups excluding carboxylic acids is 1. The molecule has 0 spiro atoms. The molecule has 1 aromatic heterocycles. The van der Waals surface area contributed by atoms with Crippen LogP contribution in [-0.4, -0.2) is 41.1 Å². The Labute approximate surface area is 161 Å². The fraction of sp³-hybridized carbons (Fsp3) is 0.444. The van der Waals surface area contributed by atoms with Crippen molar-refractivity contribution in [2.45, 2.75) is 31.8 Å². The molecule has 1 saturated carbocycles. The van der Waals surface area contributed by atoms with Crippen molar-refractivity contribution in [2.24, 2.45) is 0 Å². The van der Waals surface area contributed by atoms with Gasteiger partial charge in [-0.05, 0) is 31.9 Å². The summed E-state index contributed by atoms with van der Waals surface area (Å²) in [5.41, 5.74) is 0.262. The number of carbonyl (C=O) groups is 1. The van der Waals surface area contributed by atoms with Gasteiger partial charge in [0, 0.05) is 43.3 Å². The van der Waals surface area contributed by atoms with Crippen molar-refractivity contribution in [3.8, 4) is 0 Å². The first-order valence-electron chi connectivity index (χ1n) is 8.52. The number of nitrogens with zero attached hydrogens (tertiary/aromatic N) is 2. The highest BCUT2D eigenvalue weighted by Gasteiger charge is 2.29. The molecule has 2 heterocycles. The van der Waals surface area contributed by atoms with E-state index in [1.807, 2.05) is 11.5 Å². The number of rotatable bonds is 2. The van der Waals surface area contributed by atoms with Gasteiger partial charge in [0.2, 0.25) is 5.43 Å². The fourth-order valence-corrected chi connectivity index (χ4v) is 3.60. The lowest BCUT2D eigenvalue weighted by molar-refractivity contribution is 0.0707. The molecule has 4 rings (SSSR count). The van der Waals surface area contributed by atoms with Gasteiger partial charge in [-0.1, -0.05) is 11.6 Å². The van der Waals surface area contributed by atoms with Gasteiger partial charge in [-0.3, -0.25) is 9.59 Å². The minimum Gasteiger partial charge on any atom is -0.343 e. The second kappa shape index (κ2) is 7.18.